The minimum Gasteiger partial charge on any atom is -0.311 e. The lowest BCUT2D eigenvalue weighted by Crippen LogP contribution is -2.45. The number of nitrogens with one attached hydrogen (secondary N) is 2. The van der Waals surface area contributed by atoms with Crippen LogP contribution in [0.3, 0.4) is 0 Å². The topological polar surface area (TPSA) is 77.6 Å². The van der Waals surface area contributed by atoms with E-state index < -0.39 is 0 Å². The van der Waals surface area contributed by atoms with Gasteiger partial charge in [0, 0.05) is 25.8 Å². The fourth-order valence-electron chi connectivity index (χ4n) is 3.49. The van der Waals surface area contributed by atoms with Crippen LogP contribution in [0.15, 0.2) is 48.5 Å². The predicted molar refractivity (Wildman–Crippen MR) is 133 cm³/mol. The van der Waals surface area contributed by atoms with Crippen molar-refractivity contribution in [1.82, 2.24) is 10.3 Å². The Hall–Kier alpha value is -2.55. The third-order valence-electron chi connectivity index (χ3n) is 4.79. The van der Waals surface area contributed by atoms with E-state index in [0.29, 0.717) is 48.7 Å². The summed E-state index contributed by atoms with van der Waals surface area (Å²) in [7, 11) is 1.67. The third-order valence-corrected chi connectivity index (χ3v) is 5.66. The van der Waals surface area contributed by atoms with Gasteiger partial charge in [0.15, 0.2) is 0 Å². The van der Waals surface area contributed by atoms with Crippen molar-refractivity contribution in [3.8, 4) is 0 Å². The van der Waals surface area contributed by atoms with Crippen LogP contribution in [0.25, 0.3) is 0 Å². The first-order chi connectivity index (χ1) is 15.7. The summed E-state index contributed by atoms with van der Waals surface area (Å²) < 4.78 is 0. The molecule has 0 unspecified atom stereocenters. The van der Waals surface area contributed by atoms with Crippen LogP contribution in [0.4, 0.5) is 27.7 Å². The third kappa shape index (κ3) is 5.18. The summed E-state index contributed by atoms with van der Waals surface area (Å²) in [6.07, 6.45) is 0. The molecule has 4 rings (SSSR count). The number of anilines is 4. The number of urea groups is 1. The van der Waals surface area contributed by atoms with Crippen molar-refractivity contribution in [2.75, 3.05) is 28.7 Å². The summed E-state index contributed by atoms with van der Waals surface area (Å²) in [6, 6.07) is 12.7. The van der Waals surface area contributed by atoms with Gasteiger partial charge in [0.2, 0.25) is 5.91 Å². The van der Waals surface area contributed by atoms with Crippen molar-refractivity contribution in [2.45, 2.75) is 6.54 Å². The number of hydrogen-bond acceptors (Lipinski definition) is 4. The zero-order valence-corrected chi connectivity index (χ0v) is 20.2. The van der Waals surface area contributed by atoms with Crippen molar-refractivity contribution in [1.29, 1.82) is 0 Å². The molecule has 11 heteroatoms. The number of nitrogens with zero attached hydrogens (tertiary/aromatic N) is 3. The molecule has 0 saturated carbocycles. The van der Waals surface area contributed by atoms with Crippen molar-refractivity contribution in [3.05, 3.63) is 74.3 Å². The van der Waals surface area contributed by atoms with E-state index in [1.807, 2.05) is 0 Å². The molecule has 0 atom stereocenters. The van der Waals surface area contributed by atoms with Crippen molar-refractivity contribution in [3.63, 3.8) is 0 Å². The Morgan fingerprint density at radius 1 is 0.939 bits per heavy atom. The zero-order chi connectivity index (χ0) is 23.7. The van der Waals surface area contributed by atoms with Gasteiger partial charge in [0.25, 0.3) is 0 Å². The van der Waals surface area contributed by atoms with E-state index in [-0.39, 0.29) is 25.0 Å². The summed E-state index contributed by atoms with van der Waals surface area (Å²) in [5, 5.41) is 7.03. The number of fused-ring (bicyclic) bond motifs is 1. The highest BCUT2D eigenvalue weighted by atomic mass is 35.5. The van der Waals surface area contributed by atoms with Crippen LogP contribution < -0.4 is 20.4 Å². The molecule has 0 saturated heterocycles. The molecule has 0 aliphatic carbocycles. The molecule has 0 spiro atoms. The van der Waals surface area contributed by atoms with Crippen LogP contribution in [-0.4, -0.2) is 30.5 Å². The lowest BCUT2D eigenvalue weighted by molar-refractivity contribution is -0.115. The highest BCUT2D eigenvalue weighted by Crippen LogP contribution is 2.39. The zero-order valence-electron chi connectivity index (χ0n) is 17.2. The van der Waals surface area contributed by atoms with Gasteiger partial charge in [-0.3, -0.25) is 14.6 Å². The Kier molecular flexibility index (Phi) is 6.97. The summed E-state index contributed by atoms with van der Waals surface area (Å²) in [4.78, 5) is 33.2. The second-order valence-electron chi connectivity index (χ2n) is 7.20. The minimum atomic E-state index is -0.368. The van der Waals surface area contributed by atoms with Gasteiger partial charge in [-0.2, -0.15) is 0 Å². The van der Waals surface area contributed by atoms with Gasteiger partial charge in [-0.1, -0.05) is 46.4 Å². The second-order valence-corrected chi connectivity index (χ2v) is 8.95. The average Bonchev–Trinajstić information content (AvgIpc) is 2.72. The van der Waals surface area contributed by atoms with Crippen LogP contribution in [0.5, 0.6) is 0 Å². The second kappa shape index (κ2) is 9.75. The van der Waals surface area contributed by atoms with E-state index in [1.54, 1.807) is 55.6 Å². The Morgan fingerprint density at radius 2 is 1.52 bits per heavy atom. The molecule has 1 aromatic heterocycles. The molecule has 1 aliphatic heterocycles. The summed E-state index contributed by atoms with van der Waals surface area (Å²) >= 11 is 24.8. The van der Waals surface area contributed by atoms with Crippen LogP contribution in [0.2, 0.25) is 20.1 Å². The molecular weight excluding hydrogens is 508 g/mol. The molecule has 1 aliphatic rings. The SMILES string of the molecule is CNCC(=O)Nc1ccc2c(n1)CN(c1cc(Cl)cc(Cl)c1)C(=O)N2c1cc(Cl)cc(Cl)c1. The molecule has 0 fully saturated rings. The number of pyridine rings is 1. The van der Waals surface area contributed by atoms with Gasteiger partial charge >= 0.3 is 6.03 Å². The average molecular weight is 525 g/mol. The molecule has 33 heavy (non-hydrogen) atoms. The van der Waals surface area contributed by atoms with Gasteiger partial charge in [-0.05, 0) is 55.6 Å². The van der Waals surface area contributed by atoms with Crippen LogP contribution >= 0.6 is 46.4 Å². The molecule has 2 heterocycles. The first kappa shape index (κ1) is 23.6. The Bertz CT molecular complexity index is 1210. The van der Waals surface area contributed by atoms with Crippen molar-refractivity contribution in [2.24, 2.45) is 0 Å². The molecular formula is C22H17Cl4N5O2. The van der Waals surface area contributed by atoms with E-state index in [1.165, 1.54) is 9.80 Å². The molecule has 2 N–H and O–H groups in total. The Balaban J connectivity index is 1.83. The van der Waals surface area contributed by atoms with Crippen LogP contribution in [0, 0.1) is 0 Å². The fourth-order valence-corrected chi connectivity index (χ4v) is 4.52. The summed E-state index contributed by atoms with van der Waals surface area (Å²) in [5.74, 6) is 0.116. The number of halogens is 4. The maximum atomic E-state index is 13.7. The van der Waals surface area contributed by atoms with Gasteiger partial charge in [-0.15, -0.1) is 0 Å². The van der Waals surface area contributed by atoms with Gasteiger partial charge in [0.05, 0.1) is 30.2 Å². The van der Waals surface area contributed by atoms with Gasteiger partial charge < -0.3 is 10.6 Å². The fraction of sp³-hybridized carbons (Fsp3) is 0.136. The summed E-state index contributed by atoms with van der Waals surface area (Å²) in [6.45, 7) is 0.267. The van der Waals surface area contributed by atoms with E-state index in [0.717, 1.165) is 0 Å². The largest absolute Gasteiger partial charge is 0.334 e. The quantitative estimate of drug-likeness (QED) is 0.420. The standard InChI is InChI=1S/C22H17Cl4N5O2/c1-27-10-21(32)29-20-3-2-19-18(28-20)11-30(16-6-12(23)4-13(24)7-16)22(33)31(19)17-8-14(25)5-15(26)9-17/h2-9,27H,10-11H2,1H3,(H,28,29,32). The Labute approximate surface area is 210 Å². The molecule has 170 valence electrons. The maximum Gasteiger partial charge on any atom is 0.334 e. The first-order valence-corrected chi connectivity index (χ1v) is 11.2. The minimum absolute atomic E-state index is 0.130. The number of likely N-dealkylation sites (N-methyl/N-ethyl adjacent to an activating group) is 1. The van der Waals surface area contributed by atoms with E-state index in [2.05, 4.69) is 15.6 Å². The number of benzene rings is 2. The van der Waals surface area contributed by atoms with Crippen molar-refractivity contribution >= 4 is 81.2 Å². The highest BCUT2D eigenvalue weighted by molar-refractivity contribution is 6.36. The van der Waals surface area contributed by atoms with Crippen molar-refractivity contribution < 1.29 is 9.59 Å². The number of aromatic nitrogens is 1. The molecule has 0 bridgehead atoms. The molecule has 7 nitrogen and oxygen atoms in total. The molecule has 3 aromatic rings. The molecule has 0 radical (unpaired) electrons. The van der Waals surface area contributed by atoms with Gasteiger partial charge in [-0.25, -0.2) is 9.78 Å². The number of amides is 3. The predicted octanol–water partition coefficient (Wildman–Crippen LogP) is 6.13. The number of hydrogen-bond donors (Lipinski definition) is 2. The first-order valence-electron chi connectivity index (χ1n) is 9.73. The van der Waals surface area contributed by atoms with E-state index in [4.69, 9.17) is 46.4 Å². The van der Waals surface area contributed by atoms with Crippen LogP contribution in [0.1, 0.15) is 5.69 Å². The number of rotatable bonds is 5. The lowest BCUT2D eigenvalue weighted by Gasteiger charge is -2.36. The Morgan fingerprint density at radius 3 is 2.09 bits per heavy atom. The lowest BCUT2D eigenvalue weighted by atomic mass is 10.1. The smallest absolute Gasteiger partial charge is 0.311 e. The van der Waals surface area contributed by atoms with Gasteiger partial charge in [0.1, 0.15) is 5.82 Å². The van der Waals surface area contributed by atoms with Crippen LogP contribution in [-0.2, 0) is 11.3 Å². The number of carbonyl (C=O) groups excluding carboxylic acids is 2. The summed E-state index contributed by atoms with van der Waals surface area (Å²) in [5.41, 5.74) is 2.04. The normalized spacial score (nSPS) is 13.2. The molecule has 3 amide bonds. The molecule has 2 aromatic carbocycles. The monoisotopic (exact) mass is 523 g/mol. The van der Waals surface area contributed by atoms with E-state index in [9.17, 15) is 9.59 Å². The number of carbonyl (C=O) groups is 2. The highest BCUT2D eigenvalue weighted by Gasteiger charge is 2.34. The maximum absolute atomic E-state index is 13.7. The van der Waals surface area contributed by atoms with E-state index >= 15 is 0 Å².